The SMILES string of the molecule is CCCCCCCCC1(CCCCCCCC)c2cc(N(c3ccccc3)c3ccc4c(c3)C(C)(C)C(C)(C)O4)ccc2-c2ccc(N(c3ccccc3)c3ccc4c(c3)C(C)(C)C(C)(C)O4)cc21. The number of anilines is 6. The molecule has 6 aromatic carbocycles. The van der Waals surface area contributed by atoms with Crippen molar-refractivity contribution in [2.24, 2.45) is 0 Å². The Kier molecular flexibility index (Phi) is 13.6. The average molecular weight is 921 g/mol. The van der Waals surface area contributed by atoms with E-state index in [4.69, 9.17) is 9.47 Å². The molecule has 0 amide bonds. The molecule has 69 heavy (non-hydrogen) atoms. The van der Waals surface area contributed by atoms with Crippen LogP contribution in [-0.4, -0.2) is 11.2 Å². The first kappa shape index (κ1) is 48.5. The monoisotopic (exact) mass is 921 g/mol. The number of ether oxygens (including phenoxy) is 2. The zero-order valence-electron chi connectivity index (χ0n) is 43.8. The van der Waals surface area contributed by atoms with Crippen molar-refractivity contribution < 1.29 is 9.47 Å². The number of fused-ring (bicyclic) bond motifs is 5. The van der Waals surface area contributed by atoms with Crippen LogP contribution in [0.25, 0.3) is 11.1 Å². The van der Waals surface area contributed by atoms with E-state index in [9.17, 15) is 0 Å². The molecule has 0 bridgehead atoms. The van der Waals surface area contributed by atoms with E-state index in [-0.39, 0.29) is 27.4 Å². The maximum absolute atomic E-state index is 6.61. The van der Waals surface area contributed by atoms with Crippen LogP contribution in [0.2, 0.25) is 0 Å². The highest BCUT2D eigenvalue weighted by atomic mass is 16.5. The van der Waals surface area contributed by atoms with Gasteiger partial charge in [0.15, 0.2) is 0 Å². The molecule has 0 saturated heterocycles. The second kappa shape index (κ2) is 19.4. The number of hydrogen-bond acceptors (Lipinski definition) is 4. The Morgan fingerprint density at radius 1 is 0.348 bits per heavy atom. The van der Waals surface area contributed by atoms with Crippen LogP contribution >= 0.6 is 0 Å². The number of benzene rings is 6. The molecule has 0 aromatic heterocycles. The number of rotatable bonds is 20. The summed E-state index contributed by atoms with van der Waals surface area (Å²) in [5.74, 6) is 1.98. The van der Waals surface area contributed by atoms with Gasteiger partial charge in [0.1, 0.15) is 22.7 Å². The van der Waals surface area contributed by atoms with E-state index in [1.807, 2.05) is 0 Å². The van der Waals surface area contributed by atoms with Gasteiger partial charge in [-0.15, -0.1) is 0 Å². The largest absolute Gasteiger partial charge is 0.487 e. The van der Waals surface area contributed by atoms with Gasteiger partial charge in [0.2, 0.25) is 0 Å². The minimum absolute atomic E-state index is 0.146. The molecule has 3 aliphatic rings. The van der Waals surface area contributed by atoms with E-state index in [1.165, 1.54) is 122 Å². The lowest BCUT2D eigenvalue weighted by molar-refractivity contribution is 0.0711. The molecule has 0 fully saturated rings. The smallest absolute Gasteiger partial charge is 0.124 e. The lowest BCUT2D eigenvalue weighted by atomic mass is 9.70. The Morgan fingerprint density at radius 2 is 0.681 bits per heavy atom. The number of nitrogens with zero attached hydrogens (tertiary/aromatic N) is 2. The molecule has 362 valence electrons. The molecule has 0 N–H and O–H groups in total. The molecular weight excluding hydrogens is 841 g/mol. The summed E-state index contributed by atoms with van der Waals surface area (Å²) >= 11 is 0. The zero-order chi connectivity index (χ0) is 48.6. The molecule has 2 heterocycles. The quantitative estimate of drug-likeness (QED) is 0.0713. The van der Waals surface area contributed by atoms with Crippen molar-refractivity contribution in [2.75, 3.05) is 9.80 Å². The van der Waals surface area contributed by atoms with Gasteiger partial charge in [-0.25, -0.2) is 0 Å². The van der Waals surface area contributed by atoms with Gasteiger partial charge in [0.05, 0.1) is 0 Å². The molecule has 0 unspecified atom stereocenters. The van der Waals surface area contributed by atoms with Crippen molar-refractivity contribution >= 4 is 34.1 Å². The Hall–Kier alpha value is -5.48. The molecular formula is C65H80N2O2. The number of hydrogen-bond donors (Lipinski definition) is 0. The summed E-state index contributed by atoms with van der Waals surface area (Å²) in [5.41, 5.74) is 14.3. The van der Waals surface area contributed by atoms with Crippen LogP contribution in [0.1, 0.15) is 181 Å². The first-order valence-electron chi connectivity index (χ1n) is 26.8. The van der Waals surface area contributed by atoms with E-state index < -0.39 is 0 Å². The summed E-state index contributed by atoms with van der Waals surface area (Å²) in [6, 6.07) is 50.7. The topological polar surface area (TPSA) is 24.9 Å². The third kappa shape index (κ3) is 8.89. The van der Waals surface area contributed by atoms with Crippen LogP contribution in [0.3, 0.4) is 0 Å². The molecule has 0 saturated carbocycles. The van der Waals surface area contributed by atoms with Gasteiger partial charge in [-0.3, -0.25) is 0 Å². The highest BCUT2D eigenvalue weighted by Gasteiger charge is 2.50. The molecule has 6 aromatic rings. The first-order valence-corrected chi connectivity index (χ1v) is 26.8. The predicted molar refractivity (Wildman–Crippen MR) is 293 cm³/mol. The normalized spacial score (nSPS) is 17.0. The fourth-order valence-corrected chi connectivity index (χ4v) is 11.8. The molecule has 9 rings (SSSR count). The van der Waals surface area contributed by atoms with Gasteiger partial charge < -0.3 is 19.3 Å². The van der Waals surface area contributed by atoms with Crippen LogP contribution in [0, 0.1) is 0 Å². The Morgan fingerprint density at radius 3 is 1.06 bits per heavy atom. The van der Waals surface area contributed by atoms with E-state index in [1.54, 1.807) is 0 Å². The Balaban J connectivity index is 1.21. The van der Waals surface area contributed by atoms with Gasteiger partial charge in [-0.05, 0) is 148 Å². The van der Waals surface area contributed by atoms with Gasteiger partial charge in [-0.2, -0.15) is 0 Å². The van der Waals surface area contributed by atoms with Gasteiger partial charge >= 0.3 is 0 Å². The van der Waals surface area contributed by atoms with Crippen LogP contribution in [-0.2, 0) is 16.2 Å². The van der Waals surface area contributed by atoms with Crippen molar-refractivity contribution in [1.29, 1.82) is 0 Å². The first-order chi connectivity index (χ1) is 33.1. The van der Waals surface area contributed by atoms with Crippen molar-refractivity contribution in [3.63, 3.8) is 0 Å². The average Bonchev–Trinajstić information content (AvgIpc) is 3.79. The van der Waals surface area contributed by atoms with E-state index in [0.29, 0.717) is 0 Å². The number of para-hydroxylation sites is 2. The lowest BCUT2D eigenvalue weighted by Gasteiger charge is -2.35. The summed E-state index contributed by atoms with van der Waals surface area (Å²) < 4.78 is 13.2. The van der Waals surface area contributed by atoms with Crippen LogP contribution < -0.4 is 19.3 Å². The summed E-state index contributed by atoms with van der Waals surface area (Å²) in [7, 11) is 0. The van der Waals surface area contributed by atoms with Crippen molar-refractivity contribution in [3.8, 4) is 22.6 Å². The Bertz CT molecular complexity index is 2540. The minimum Gasteiger partial charge on any atom is -0.487 e. The van der Waals surface area contributed by atoms with E-state index in [0.717, 1.165) is 47.1 Å². The van der Waals surface area contributed by atoms with Crippen LogP contribution in [0.15, 0.2) is 133 Å². The second-order valence-corrected chi connectivity index (χ2v) is 22.8. The van der Waals surface area contributed by atoms with Crippen molar-refractivity contribution in [3.05, 3.63) is 156 Å². The second-order valence-electron chi connectivity index (χ2n) is 22.8. The number of unbranched alkanes of at least 4 members (excludes halogenated alkanes) is 10. The van der Waals surface area contributed by atoms with Gasteiger partial charge in [0, 0.05) is 61.5 Å². The van der Waals surface area contributed by atoms with Crippen LogP contribution in [0.5, 0.6) is 11.5 Å². The molecule has 1 aliphatic carbocycles. The molecule has 0 atom stereocenters. The summed E-state index contributed by atoms with van der Waals surface area (Å²) in [5, 5.41) is 0. The summed E-state index contributed by atoms with van der Waals surface area (Å²) in [6.45, 7) is 22.8. The van der Waals surface area contributed by atoms with Crippen LogP contribution in [0.4, 0.5) is 34.1 Å². The van der Waals surface area contributed by atoms with Crippen molar-refractivity contribution in [2.45, 2.75) is 187 Å². The Labute approximate surface area is 416 Å². The highest BCUT2D eigenvalue weighted by molar-refractivity contribution is 5.89. The summed E-state index contributed by atoms with van der Waals surface area (Å²) in [6.07, 6.45) is 17.6. The molecule has 0 radical (unpaired) electrons. The predicted octanol–water partition coefficient (Wildman–Crippen LogP) is 19.3. The van der Waals surface area contributed by atoms with E-state index >= 15 is 0 Å². The fourth-order valence-electron chi connectivity index (χ4n) is 11.8. The lowest BCUT2D eigenvalue weighted by Crippen LogP contribution is -2.42. The molecule has 0 spiro atoms. The van der Waals surface area contributed by atoms with Gasteiger partial charge in [-0.1, -0.05) is 167 Å². The maximum atomic E-state index is 6.61. The summed E-state index contributed by atoms with van der Waals surface area (Å²) in [4.78, 5) is 4.99. The third-order valence-corrected chi connectivity index (χ3v) is 17.3. The fraction of sp³-hybridized carbons (Fsp3) is 0.446. The standard InChI is InChI=1S/C65H80N2O2/c1-11-13-15-17-19-27-41-65(42-28-20-18-16-14-12-2)55-43-49(66(47-29-23-21-24-30-47)51-35-39-59-57(45-51)61(3,4)63(7,8)68-59)33-37-53(55)54-38-34-50(44-56(54)65)67(48-31-25-22-26-32-48)52-36-40-60-58(46-52)62(5,6)64(9,10)69-60/h21-26,29-40,43-46H,11-20,27-28,41-42H2,1-10H3. The highest BCUT2D eigenvalue weighted by Crippen LogP contribution is 2.58. The zero-order valence-corrected chi connectivity index (χ0v) is 43.8. The van der Waals surface area contributed by atoms with Crippen molar-refractivity contribution in [1.82, 2.24) is 0 Å². The van der Waals surface area contributed by atoms with Gasteiger partial charge in [0.25, 0.3) is 0 Å². The maximum Gasteiger partial charge on any atom is 0.124 e. The third-order valence-electron chi connectivity index (χ3n) is 17.3. The molecule has 4 nitrogen and oxygen atoms in total. The molecule has 2 aliphatic heterocycles. The molecule has 4 heteroatoms. The minimum atomic E-state index is -0.311. The van der Waals surface area contributed by atoms with E-state index in [2.05, 4.69) is 212 Å².